The van der Waals surface area contributed by atoms with Gasteiger partial charge in [-0.05, 0) is 282 Å². The van der Waals surface area contributed by atoms with Gasteiger partial charge in [0.05, 0.1) is 66.9 Å². The number of nitriles is 2. The fourth-order valence-corrected chi connectivity index (χ4v) is 18.3. The van der Waals surface area contributed by atoms with Crippen molar-refractivity contribution in [2.24, 2.45) is 0 Å². The lowest BCUT2D eigenvalue weighted by Crippen LogP contribution is -2.05. The molecule has 6 heterocycles. The van der Waals surface area contributed by atoms with Gasteiger partial charge in [-0.15, -0.1) is 0 Å². The molecule has 0 unspecified atom stereocenters. The lowest BCUT2D eigenvalue weighted by molar-refractivity contribution is 1.12. The molecule has 20 aromatic rings. The Balaban J connectivity index is 0.783. The van der Waals surface area contributed by atoms with Crippen LogP contribution in [-0.4, -0.2) is 28.2 Å². The van der Waals surface area contributed by atoms with Crippen LogP contribution in [0.15, 0.2) is 304 Å². The van der Waals surface area contributed by atoms with E-state index in [0.29, 0.717) is 11.1 Å². The largest absolute Gasteiger partial charge is 0.308 e. The summed E-state index contributed by atoms with van der Waals surface area (Å²) in [6.45, 7) is 17.4. The van der Waals surface area contributed by atoms with Gasteiger partial charge in [-0.3, -0.25) is 9.97 Å². The van der Waals surface area contributed by atoms with E-state index < -0.39 is 0 Å². The smallest absolute Gasteiger partial charge is 0.104 e. The highest BCUT2D eigenvalue weighted by atomic mass is 15.0. The fourth-order valence-electron chi connectivity index (χ4n) is 18.3. The summed E-state index contributed by atoms with van der Waals surface area (Å²) in [7, 11) is 0. The molecule has 8 nitrogen and oxygen atoms in total. The van der Waals surface area contributed by atoms with Crippen LogP contribution in [0.2, 0.25) is 0 Å². The van der Waals surface area contributed by atoms with Crippen LogP contribution in [0.3, 0.4) is 0 Å². The van der Waals surface area contributed by atoms with Crippen molar-refractivity contribution in [3.63, 3.8) is 0 Å². The van der Waals surface area contributed by atoms with Gasteiger partial charge >= 0.3 is 0 Å². The fraction of sp³-hybridized carbons (Fsp3) is 0.0769. The van der Waals surface area contributed by atoms with Crippen LogP contribution in [0.1, 0.15) is 55.6 Å². The summed E-state index contributed by atoms with van der Waals surface area (Å²) in [5.74, 6) is 0. The van der Waals surface area contributed by atoms with E-state index in [1.165, 1.54) is 50.1 Å². The average Bonchev–Trinajstić information content (AvgIpc) is 1.56. The Morgan fingerprint density at radius 2 is 0.500 bits per heavy atom. The third-order valence-electron chi connectivity index (χ3n) is 23.5. The number of hydrogen-bond donors (Lipinski definition) is 0. The first kappa shape index (κ1) is 67.0. The molecule has 0 spiro atoms. The molecule has 14 aromatic carbocycles. The Hall–Kier alpha value is -14.4. The van der Waals surface area contributed by atoms with E-state index >= 15 is 0 Å². The van der Waals surface area contributed by atoms with Crippen LogP contribution < -0.4 is 0 Å². The molecule has 20 rings (SSSR count). The van der Waals surface area contributed by atoms with Crippen molar-refractivity contribution in [3.05, 3.63) is 359 Å². The summed E-state index contributed by atoms with van der Waals surface area (Å²) < 4.78 is 9.28. The molecular weight excluding hydrogens is 1360 g/mol. The summed E-state index contributed by atoms with van der Waals surface area (Å²) in [6, 6.07) is 107. The first-order valence-electron chi connectivity index (χ1n) is 38.3. The van der Waals surface area contributed by atoms with Gasteiger partial charge in [0.25, 0.3) is 0 Å². The topological polar surface area (TPSA) is 93.1 Å². The number of hydrogen-bond acceptors (Lipinski definition) is 4. The van der Waals surface area contributed by atoms with Crippen LogP contribution in [0.5, 0.6) is 0 Å². The Morgan fingerprint density at radius 3 is 0.866 bits per heavy atom. The summed E-state index contributed by atoms with van der Waals surface area (Å²) in [5.41, 5.74) is 36.9. The average molecular weight is 1440 g/mol. The maximum atomic E-state index is 12.1. The standard InChI is InChI=1S/C104H74N8/c1-61-21-29-78(64(4)45-61)71-26-34-96-88(49-71)83-17-11-14-20-95(83)109(96)101-54-76(69-37-41-107-42-38-69)55-102(91(101)59-105)110-97-35-27-72(79-30-22-62(2)46-65(79)5)50-89(97)90-51-73(28-36-98(90)110)86-58-87(68(8)48-67(86)7)75-25-33-85-82-16-10-13-19-94(82)112(100(85)53-75)104-57-77(70-39-43-108-44-40-70)56-103(92(104)60-106)111-93-18-12-9-15-81(93)84-32-24-74(52-99(84)111)80-31-23-63(3)47-66(80)6/h9-58H,1-8H3. The zero-order valence-corrected chi connectivity index (χ0v) is 63.4. The maximum Gasteiger partial charge on any atom is 0.104 e. The van der Waals surface area contributed by atoms with E-state index in [0.717, 1.165) is 182 Å². The van der Waals surface area contributed by atoms with Gasteiger partial charge in [0.1, 0.15) is 23.3 Å². The van der Waals surface area contributed by atoms with Crippen molar-refractivity contribution in [1.29, 1.82) is 10.5 Å². The molecule has 0 amide bonds. The Morgan fingerprint density at radius 1 is 0.214 bits per heavy atom. The molecule has 8 heteroatoms. The highest BCUT2D eigenvalue weighted by Gasteiger charge is 2.28. The van der Waals surface area contributed by atoms with Crippen LogP contribution in [0.25, 0.3) is 188 Å². The van der Waals surface area contributed by atoms with E-state index in [1.54, 1.807) is 0 Å². The van der Waals surface area contributed by atoms with Gasteiger partial charge in [0.2, 0.25) is 0 Å². The molecule has 0 atom stereocenters. The molecule has 0 radical (unpaired) electrons. The monoisotopic (exact) mass is 1430 g/mol. The number of para-hydroxylation sites is 3. The van der Waals surface area contributed by atoms with Gasteiger partial charge in [0, 0.05) is 67.9 Å². The van der Waals surface area contributed by atoms with Crippen molar-refractivity contribution >= 4 is 87.2 Å². The maximum absolute atomic E-state index is 12.1. The van der Waals surface area contributed by atoms with E-state index in [4.69, 9.17) is 0 Å². The van der Waals surface area contributed by atoms with Gasteiger partial charge < -0.3 is 18.3 Å². The minimum absolute atomic E-state index is 0.548. The number of rotatable bonds is 11. The first-order valence-corrected chi connectivity index (χ1v) is 38.3. The molecule has 530 valence electrons. The lowest BCUT2D eigenvalue weighted by atomic mass is 9.90. The molecule has 0 saturated carbocycles. The predicted molar refractivity (Wildman–Crippen MR) is 465 cm³/mol. The Bertz CT molecular complexity index is 7490. The van der Waals surface area contributed by atoms with Gasteiger partial charge in [-0.25, -0.2) is 0 Å². The summed E-state index contributed by atoms with van der Waals surface area (Å²) in [4.78, 5) is 8.95. The highest BCUT2D eigenvalue weighted by molar-refractivity contribution is 6.16. The molecule has 0 N–H and O–H groups in total. The third-order valence-corrected chi connectivity index (χ3v) is 23.5. The van der Waals surface area contributed by atoms with Crippen LogP contribution in [0.4, 0.5) is 0 Å². The van der Waals surface area contributed by atoms with E-state index in [9.17, 15) is 10.5 Å². The normalized spacial score (nSPS) is 11.7. The second kappa shape index (κ2) is 26.2. The van der Waals surface area contributed by atoms with Crippen molar-refractivity contribution in [1.82, 2.24) is 28.2 Å². The molecule has 0 aliphatic carbocycles. The van der Waals surface area contributed by atoms with Crippen molar-refractivity contribution in [2.45, 2.75) is 55.4 Å². The summed E-state index contributed by atoms with van der Waals surface area (Å²) in [5, 5.41) is 32.9. The number of fused-ring (bicyclic) bond motifs is 12. The minimum atomic E-state index is 0.548. The van der Waals surface area contributed by atoms with Gasteiger partial charge in [-0.2, -0.15) is 10.5 Å². The quantitative estimate of drug-likeness (QED) is 0.129. The van der Waals surface area contributed by atoms with Crippen molar-refractivity contribution in [2.75, 3.05) is 0 Å². The van der Waals surface area contributed by atoms with Crippen LogP contribution in [-0.2, 0) is 0 Å². The van der Waals surface area contributed by atoms with Gasteiger partial charge in [-0.1, -0.05) is 174 Å². The summed E-state index contributed by atoms with van der Waals surface area (Å²) in [6.07, 6.45) is 7.37. The predicted octanol–water partition coefficient (Wildman–Crippen LogP) is 26.7. The number of benzene rings is 14. The lowest BCUT2D eigenvalue weighted by Gasteiger charge is -2.19. The van der Waals surface area contributed by atoms with E-state index in [-0.39, 0.29) is 0 Å². The van der Waals surface area contributed by atoms with E-state index in [1.807, 2.05) is 24.8 Å². The molecular formula is C104H74N8. The molecule has 0 bridgehead atoms. The molecule has 6 aromatic heterocycles. The summed E-state index contributed by atoms with van der Waals surface area (Å²) >= 11 is 0. The first-order chi connectivity index (χ1) is 54.7. The molecule has 0 saturated heterocycles. The molecule has 0 aliphatic heterocycles. The van der Waals surface area contributed by atoms with Crippen LogP contribution >= 0.6 is 0 Å². The molecule has 112 heavy (non-hydrogen) atoms. The number of aryl methyl sites for hydroxylation is 8. The van der Waals surface area contributed by atoms with Crippen LogP contribution in [0, 0.1) is 78.1 Å². The zero-order chi connectivity index (χ0) is 75.9. The second-order valence-corrected chi connectivity index (χ2v) is 30.5. The number of aromatic nitrogens is 6. The Labute approximate surface area is 649 Å². The second-order valence-electron chi connectivity index (χ2n) is 30.5. The minimum Gasteiger partial charge on any atom is -0.308 e. The molecule has 0 fully saturated rings. The Kier molecular flexibility index (Phi) is 15.6. The number of nitrogens with zero attached hydrogens (tertiary/aromatic N) is 8. The number of pyridine rings is 2. The zero-order valence-electron chi connectivity index (χ0n) is 63.4. The van der Waals surface area contributed by atoms with Gasteiger partial charge in [0.15, 0.2) is 0 Å². The van der Waals surface area contributed by atoms with E-state index in [2.05, 4.69) is 375 Å². The highest BCUT2D eigenvalue weighted by Crippen LogP contribution is 2.47. The molecule has 0 aliphatic rings. The SMILES string of the molecule is Cc1ccc(-c2ccc3c(c2)c2ccccc2n3-c2cc(-c3ccncc3)cc(-n3c4ccc(-c5ccc(C)cc5C)cc4c4cc(-c5cc(-c6ccc7c8ccccc8n(-c8cc(-c9ccncc9)cc(-n9c%10ccccc%10c%10ccc(-c%11ccc(C)cc%11C)cc%109)c8C#N)c7c6)c(C)cc5C)ccc43)c2C#N)c(C)c1. The van der Waals surface area contributed by atoms with Crippen molar-refractivity contribution < 1.29 is 0 Å². The van der Waals surface area contributed by atoms with Crippen molar-refractivity contribution in [3.8, 4) is 113 Å². The third kappa shape index (κ3) is 10.7.